The molecule has 0 spiro atoms. The molecule has 9 nitrogen and oxygen atoms in total. The van der Waals surface area contributed by atoms with E-state index in [0.29, 0.717) is 12.3 Å². The Morgan fingerprint density at radius 3 is 2.30 bits per heavy atom. The molecular formula is C20H21N3O6S. The first-order valence-electron chi connectivity index (χ1n) is 8.81. The van der Waals surface area contributed by atoms with Crippen LogP contribution in [0.2, 0.25) is 0 Å². The Hall–Kier alpha value is -3.53. The lowest BCUT2D eigenvalue weighted by molar-refractivity contribution is 0.0981. The van der Waals surface area contributed by atoms with Crippen LogP contribution < -0.4 is 18.9 Å². The van der Waals surface area contributed by atoms with Crippen LogP contribution >= 0.6 is 0 Å². The lowest BCUT2D eigenvalue weighted by Crippen LogP contribution is -2.31. The van der Waals surface area contributed by atoms with Crippen LogP contribution in [0.15, 0.2) is 59.8 Å². The average Bonchev–Trinajstić information content (AvgIpc) is 3.25. The van der Waals surface area contributed by atoms with E-state index < -0.39 is 15.9 Å². The molecule has 30 heavy (non-hydrogen) atoms. The fourth-order valence-corrected chi connectivity index (χ4v) is 4.19. The van der Waals surface area contributed by atoms with Gasteiger partial charge < -0.3 is 14.2 Å². The van der Waals surface area contributed by atoms with Crippen LogP contribution in [0.4, 0.5) is 0 Å². The third kappa shape index (κ3) is 4.54. The van der Waals surface area contributed by atoms with Gasteiger partial charge in [-0.1, -0.05) is 6.07 Å². The summed E-state index contributed by atoms with van der Waals surface area (Å²) in [5.74, 6) is -0.292. The van der Waals surface area contributed by atoms with Gasteiger partial charge in [0.1, 0.15) is 17.2 Å². The molecular weight excluding hydrogens is 410 g/mol. The summed E-state index contributed by atoms with van der Waals surface area (Å²) in [6.07, 6.45) is 3.42. The van der Waals surface area contributed by atoms with Gasteiger partial charge in [-0.2, -0.15) is 5.10 Å². The second-order valence-electron chi connectivity index (χ2n) is 6.20. The molecule has 0 aliphatic carbocycles. The summed E-state index contributed by atoms with van der Waals surface area (Å²) in [4.78, 5) is 12.5. The molecule has 2 aromatic carbocycles. The Labute approximate surface area is 174 Å². The summed E-state index contributed by atoms with van der Waals surface area (Å²) in [5, 5.41) is 4.13. The fourth-order valence-electron chi connectivity index (χ4n) is 2.90. The fraction of sp³-hybridized carbons (Fsp3) is 0.200. The van der Waals surface area contributed by atoms with Gasteiger partial charge in [-0.25, -0.2) is 13.1 Å². The number of carbonyl (C=O) groups excluding carboxylic acids is 1. The number of carbonyl (C=O) groups is 1. The highest BCUT2D eigenvalue weighted by Crippen LogP contribution is 2.32. The number of hydrogen-bond donors (Lipinski definition) is 1. The second kappa shape index (κ2) is 8.87. The summed E-state index contributed by atoms with van der Waals surface area (Å²) in [6, 6.07) is 11.1. The van der Waals surface area contributed by atoms with Gasteiger partial charge in [0.25, 0.3) is 15.9 Å². The van der Waals surface area contributed by atoms with Gasteiger partial charge in [-0.05, 0) is 42.0 Å². The average molecular weight is 431 g/mol. The number of ether oxygens (including phenoxy) is 3. The molecule has 0 atom stereocenters. The van der Waals surface area contributed by atoms with Crippen LogP contribution in [0, 0.1) is 0 Å². The van der Waals surface area contributed by atoms with E-state index in [1.165, 1.54) is 39.5 Å². The van der Waals surface area contributed by atoms with E-state index in [0.717, 1.165) is 5.56 Å². The van der Waals surface area contributed by atoms with E-state index in [1.54, 1.807) is 41.3 Å². The maximum Gasteiger partial charge on any atom is 0.271 e. The SMILES string of the molecule is COc1cc(Cn2cccn2)cc(C(=O)NS(=O)(=O)c2c(OC)cccc2OC)c1. The minimum Gasteiger partial charge on any atom is -0.497 e. The lowest BCUT2D eigenvalue weighted by atomic mass is 10.1. The van der Waals surface area contributed by atoms with E-state index in [2.05, 4.69) is 9.82 Å². The molecule has 10 heteroatoms. The zero-order valence-electron chi connectivity index (χ0n) is 16.7. The van der Waals surface area contributed by atoms with Crippen LogP contribution in [-0.2, 0) is 16.6 Å². The molecule has 3 rings (SSSR count). The van der Waals surface area contributed by atoms with Gasteiger partial charge in [-0.15, -0.1) is 0 Å². The van der Waals surface area contributed by atoms with E-state index in [4.69, 9.17) is 14.2 Å². The molecule has 158 valence electrons. The highest BCUT2D eigenvalue weighted by molar-refractivity contribution is 7.90. The van der Waals surface area contributed by atoms with E-state index in [-0.39, 0.29) is 22.0 Å². The third-order valence-electron chi connectivity index (χ3n) is 4.25. The maximum atomic E-state index is 12.9. The van der Waals surface area contributed by atoms with Crippen molar-refractivity contribution in [2.45, 2.75) is 11.4 Å². The molecule has 1 N–H and O–H groups in total. The molecule has 1 heterocycles. The smallest absolute Gasteiger partial charge is 0.271 e. The van der Waals surface area contributed by atoms with Crippen molar-refractivity contribution in [2.75, 3.05) is 21.3 Å². The van der Waals surface area contributed by atoms with Gasteiger partial charge >= 0.3 is 0 Å². The zero-order valence-corrected chi connectivity index (χ0v) is 17.5. The number of amides is 1. The van der Waals surface area contributed by atoms with Gasteiger partial charge in [0, 0.05) is 18.0 Å². The van der Waals surface area contributed by atoms with E-state index in [9.17, 15) is 13.2 Å². The Balaban J connectivity index is 1.94. The third-order valence-corrected chi connectivity index (χ3v) is 5.64. The number of rotatable bonds is 8. The number of benzene rings is 2. The lowest BCUT2D eigenvalue weighted by Gasteiger charge is -2.14. The Morgan fingerprint density at radius 1 is 1.03 bits per heavy atom. The normalized spacial score (nSPS) is 11.0. The summed E-state index contributed by atoms with van der Waals surface area (Å²) < 4.78 is 45.1. The molecule has 0 radical (unpaired) electrons. The number of nitrogens with one attached hydrogen (secondary N) is 1. The van der Waals surface area contributed by atoms with Crippen molar-refractivity contribution in [3.8, 4) is 17.2 Å². The standard InChI is InChI=1S/C20H21N3O6S/c1-27-16-11-14(13-23-9-5-8-21-23)10-15(12-16)20(24)22-30(25,26)19-17(28-2)6-4-7-18(19)29-3/h4-12H,13H2,1-3H3,(H,22,24). The number of methoxy groups -OCH3 is 3. The summed E-state index contributed by atoms with van der Waals surface area (Å²) in [7, 11) is -0.155. The summed E-state index contributed by atoms with van der Waals surface area (Å²) in [6.45, 7) is 0.386. The molecule has 0 fully saturated rings. The highest BCUT2D eigenvalue weighted by Gasteiger charge is 2.27. The first-order chi connectivity index (χ1) is 14.4. The zero-order chi connectivity index (χ0) is 21.7. The molecule has 0 aliphatic rings. The predicted octanol–water partition coefficient (Wildman–Crippen LogP) is 2.08. The number of aromatic nitrogens is 2. The molecule has 1 aromatic heterocycles. The summed E-state index contributed by atoms with van der Waals surface area (Å²) >= 11 is 0. The second-order valence-corrected chi connectivity index (χ2v) is 7.82. The van der Waals surface area contributed by atoms with E-state index in [1.807, 2.05) is 0 Å². The minimum atomic E-state index is -4.28. The van der Waals surface area contributed by atoms with Crippen molar-refractivity contribution in [2.24, 2.45) is 0 Å². The molecule has 0 saturated heterocycles. The maximum absolute atomic E-state index is 12.9. The van der Waals surface area contributed by atoms with Gasteiger partial charge in [0.15, 0.2) is 4.90 Å². The number of nitrogens with zero attached hydrogens (tertiary/aromatic N) is 2. The quantitative estimate of drug-likeness (QED) is 0.582. The van der Waals surface area contributed by atoms with E-state index >= 15 is 0 Å². The van der Waals surface area contributed by atoms with Crippen LogP contribution in [0.5, 0.6) is 17.2 Å². The molecule has 0 aliphatic heterocycles. The molecule has 0 saturated carbocycles. The van der Waals surface area contributed by atoms with Crippen LogP contribution in [0.1, 0.15) is 15.9 Å². The Morgan fingerprint density at radius 2 is 1.73 bits per heavy atom. The molecule has 0 bridgehead atoms. The predicted molar refractivity (Wildman–Crippen MR) is 109 cm³/mol. The minimum absolute atomic E-state index is 0.0552. The Kier molecular flexibility index (Phi) is 6.26. The number of sulfonamides is 1. The van der Waals surface area contributed by atoms with Crippen molar-refractivity contribution < 1.29 is 27.4 Å². The topological polar surface area (TPSA) is 109 Å². The van der Waals surface area contributed by atoms with Crippen LogP contribution in [0.25, 0.3) is 0 Å². The monoisotopic (exact) mass is 431 g/mol. The van der Waals surface area contributed by atoms with Crippen molar-refractivity contribution in [1.29, 1.82) is 0 Å². The van der Waals surface area contributed by atoms with Gasteiger partial charge in [-0.3, -0.25) is 9.48 Å². The van der Waals surface area contributed by atoms with Crippen molar-refractivity contribution >= 4 is 15.9 Å². The van der Waals surface area contributed by atoms with Gasteiger partial charge in [0.2, 0.25) is 0 Å². The highest BCUT2D eigenvalue weighted by atomic mass is 32.2. The van der Waals surface area contributed by atoms with Crippen LogP contribution in [-0.4, -0.2) is 45.4 Å². The first kappa shape index (κ1) is 21.2. The van der Waals surface area contributed by atoms with Crippen molar-refractivity contribution in [3.05, 3.63) is 66.0 Å². The van der Waals surface area contributed by atoms with Crippen LogP contribution in [0.3, 0.4) is 0 Å². The molecule has 0 unspecified atom stereocenters. The largest absolute Gasteiger partial charge is 0.497 e. The van der Waals surface area contributed by atoms with Crippen molar-refractivity contribution in [1.82, 2.24) is 14.5 Å². The first-order valence-corrected chi connectivity index (χ1v) is 10.3. The van der Waals surface area contributed by atoms with Crippen molar-refractivity contribution in [3.63, 3.8) is 0 Å². The molecule has 3 aromatic rings. The Bertz CT molecular complexity index is 1120. The number of hydrogen-bond acceptors (Lipinski definition) is 7. The van der Waals surface area contributed by atoms with Gasteiger partial charge in [0.05, 0.1) is 27.9 Å². The summed E-state index contributed by atoms with van der Waals surface area (Å²) in [5.41, 5.74) is 0.837. The molecule has 1 amide bonds.